The summed E-state index contributed by atoms with van der Waals surface area (Å²) in [5.74, 6) is 2.46. The fourth-order valence-corrected chi connectivity index (χ4v) is 2.31. The van der Waals surface area contributed by atoms with E-state index in [4.69, 9.17) is 14.2 Å². The second-order valence-corrected chi connectivity index (χ2v) is 5.50. The maximum Gasteiger partial charge on any atom is 0.163 e. The molecule has 0 spiro atoms. The zero-order valence-electron chi connectivity index (χ0n) is 11.5. The fraction of sp³-hybridized carbons (Fsp3) is 0.250. The van der Waals surface area contributed by atoms with Crippen LogP contribution in [0.4, 0.5) is 5.69 Å². The predicted octanol–water partition coefficient (Wildman–Crippen LogP) is 3.71. The zero-order chi connectivity index (χ0) is 14.5. The summed E-state index contributed by atoms with van der Waals surface area (Å²) in [6.45, 7) is 2.52. The van der Waals surface area contributed by atoms with Crippen molar-refractivity contribution in [3.05, 3.63) is 46.9 Å². The first kappa shape index (κ1) is 14.1. The van der Waals surface area contributed by atoms with E-state index in [9.17, 15) is 0 Å². The largest absolute Gasteiger partial charge is 0.492 e. The number of anilines is 1. The first-order valence-corrected chi connectivity index (χ1v) is 7.62. The molecule has 110 valence electrons. The van der Waals surface area contributed by atoms with Crippen LogP contribution in [0.25, 0.3) is 0 Å². The van der Waals surface area contributed by atoms with Gasteiger partial charge in [0.15, 0.2) is 11.5 Å². The first-order chi connectivity index (χ1) is 10.3. The molecule has 2 aromatic rings. The van der Waals surface area contributed by atoms with Gasteiger partial charge in [-0.15, -0.1) is 0 Å². The molecule has 1 aliphatic heterocycles. The SMILES string of the molecule is Brc1ccc(OCCNc2ccc3c(c2)OCCO3)cc1. The molecule has 1 aliphatic rings. The minimum atomic E-state index is 0.593. The Morgan fingerprint density at radius 1 is 1.00 bits per heavy atom. The van der Waals surface area contributed by atoms with Crippen LogP contribution >= 0.6 is 15.9 Å². The highest BCUT2D eigenvalue weighted by molar-refractivity contribution is 9.10. The van der Waals surface area contributed by atoms with Crippen LogP contribution in [0, 0.1) is 0 Å². The Hall–Kier alpha value is -1.88. The molecule has 5 heteroatoms. The lowest BCUT2D eigenvalue weighted by molar-refractivity contribution is 0.171. The third-order valence-corrected chi connectivity index (χ3v) is 3.58. The number of rotatable bonds is 5. The quantitative estimate of drug-likeness (QED) is 0.835. The number of halogens is 1. The van der Waals surface area contributed by atoms with E-state index in [1.165, 1.54) is 0 Å². The minimum Gasteiger partial charge on any atom is -0.492 e. The van der Waals surface area contributed by atoms with Crippen LogP contribution in [-0.2, 0) is 0 Å². The molecule has 21 heavy (non-hydrogen) atoms. The molecule has 0 atom stereocenters. The second kappa shape index (κ2) is 6.72. The van der Waals surface area contributed by atoms with E-state index in [1.807, 2.05) is 42.5 Å². The van der Waals surface area contributed by atoms with Gasteiger partial charge in [0, 0.05) is 22.8 Å². The molecule has 0 saturated heterocycles. The second-order valence-electron chi connectivity index (χ2n) is 4.59. The third kappa shape index (κ3) is 3.82. The van der Waals surface area contributed by atoms with Gasteiger partial charge in [0.25, 0.3) is 0 Å². The van der Waals surface area contributed by atoms with Crippen LogP contribution in [0.15, 0.2) is 46.9 Å². The van der Waals surface area contributed by atoms with Gasteiger partial charge in [-0.25, -0.2) is 0 Å². The van der Waals surface area contributed by atoms with Gasteiger partial charge in [-0.3, -0.25) is 0 Å². The summed E-state index contributed by atoms with van der Waals surface area (Å²) in [5, 5.41) is 3.31. The molecule has 1 heterocycles. The van der Waals surface area contributed by atoms with Crippen molar-refractivity contribution in [2.75, 3.05) is 31.7 Å². The third-order valence-electron chi connectivity index (χ3n) is 3.06. The van der Waals surface area contributed by atoms with Gasteiger partial charge >= 0.3 is 0 Å². The van der Waals surface area contributed by atoms with Crippen molar-refractivity contribution >= 4 is 21.6 Å². The van der Waals surface area contributed by atoms with Crippen molar-refractivity contribution < 1.29 is 14.2 Å². The number of hydrogen-bond donors (Lipinski definition) is 1. The molecule has 0 amide bonds. The lowest BCUT2D eigenvalue weighted by Crippen LogP contribution is -2.16. The molecule has 0 fully saturated rings. The van der Waals surface area contributed by atoms with Crippen molar-refractivity contribution in [2.24, 2.45) is 0 Å². The molecule has 4 nitrogen and oxygen atoms in total. The van der Waals surface area contributed by atoms with E-state index < -0.39 is 0 Å². The Balaban J connectivity index is 1.48. The van der Waals surface area contributed by atoms with Crippen molar-refractivity contribution in [3.63, 3.8) is 0 Å². The molecule has 0 aliphatic carbocycles. The minimum absolute atomic E-state index is 0.593. The summed E-state index contributed by atoms with van der Waals surface area (Å²) in [6.07, 6.45) is 0. The number of benzene rings is 2. The first-order valence-electron chi connectivity index (χ1n) is 6.83. The lowest BCUT2D eigenvalue weighted by Gasteiger charge is -2.19. The normalized spacial score (nSPS) is 12.8. The number of hydrogen-bond acceptors (Lipinski definition) is 4. The molecule has 0 bridgehead atoms. The predicted molar refractivity (Wildman–Crippen MR) is 85.6 cm³/mol. The number of fused-ring (bicyclic) bond motifs is 1. The fourth-order valence-electron chi connectivity index (χ4n) is 2.05. The van der Waals surface area contributed by atoms with Crippen molar-refractivity contribution in [1.29, 1.82) is 0 Å². The maximum atomic E-state index is 5.66. The smallest absolute Gasteiger partial charge is 0.163 e. The van der Waals surface area contributed by atoms with Crippen LogP contribution in [0.3, 0.4) is 0 Å². The lowest BCUT2D eigenvalue weighted by atomic mass is 10.2. The maximum absolute atomic E-state index is 5.66. The van der Waals surface area contributed by atoms with E-state index in [2.05, 4.69) is 21.2 Å². The van der Waals surface area contributed by atoms with Crippen LogP contribution in [-0.4, -0.2) is 26.4 Å². The zero-order valence-corrected chi connectivity index (χ0v) is 13.1. The van der Waals surface area contributed by atoms with E-state index in [0.29, 0.717) is 19.8 Å². The van der Waals surface area contributed by atoms with Crippen molar-refractivity contribution in [1.82, 2.24) is 0 Å². The molecule has 0 saturated carbocycles. The summed E-state index contributed by atoms with van der Waals surface area (Å²) in [4.78, 5) is 0. The molecule has 0 aromatic heterocycles. The molecule has 2 aromatic carbocycles. The highest BCUT2D eigenvalue weighted by atomic mass is 79.9. The van der Waals surface area contributed by atoms with Crippen LogP contribution in [0.2, 0.25) is 0 Å². The number of ether oxygens (including phenoxy) is 3. The monoisotopic (exact) mass is 349 g/mol. The topological polar surface area (TPSA) is 39.7 Å². The molecule has 1 N–H and O–H groups in total. The summed E-state index contributed by atoms with van der Waals surface area (Å²) in [5.41, 5.74) is 0.999. The van der Waals surface area contributed by atoms with Gasteiger partial charge in [-0.1, -0.05) is 15.9 Å². The summed E-state index contributed by atoms with van der Waals surface area (Å²) < 4.78 is 17.7. The Bertz CT molecular complexity index is 601. The molecule has 3 rings (SSSR count). The van der Waals surface area contributed by atoms with Crippen molar-refractivity contribution in [3.8, 4) is 17.2 Å². The highest BCUT2D eigenvalue weighted by Crippen LogP contribution is 2.32. The van der Waals surface area contributed by atoms with Crippen LogP contribution in [0.5, 0.6) is 17.2 Å². The van der Waals surface area contributed by atoms with Gasteiger partial charge in [0.2, 0.25) is 0 Å². The summed E-state index contributed by atoms with van der Waals surface area (Å²) in [6, 6.07) is 13.7. The van der Waals surface area contributed by atoms with Gasteiger partial charge in [-0.2, -0.15) is 0 Å². The summed E-state index contributed by atoms with van der Waals surface area (Å²) in [7, 11) is 0. The Morgan fingerprint density at radius 3 is 2.57 bits per heavy atom. The molecular weight excluding hydrogens is 334 g/mol. The van der Waals surface area contributed by atoms with Gasteiger partial charge in [0.05, 0.1) is 0 Å². The van der Waals surface area contributed by atoms with Gasteiger partial charge < -0.3 is 19.5 Å². The molecule has 0 unspecified atom stereocenters. The van der Waals surface area contributed by atoms with Crippen molar-refractivity contribution in [2.45, 2.75) is 0 Å². The highest BCUT2D eigenvalue weighted by Gasteiger charge is 2.11. The average molecular weight is 350 g/mol. The standard InChI is InChI=1S/C16H16BrNO3/c17-12-1-4-14(5-2-12)19-8-7-18-13-3-6-15-16(11-13)21-10-9-20-15/h1-6,11,18H,7-10H2. The van der Waals surface area contributed by atoms with Crippen LogP contribution < -0.4 is 19.5 Å². The van der Waals surface area contributed by atoms with E-state index in [1.54, 1.807) is 0 Å². The van der Waals surface area contributed by atoms with Gasteiger partial charge in [-0.05, 0) is 36.4 Å². The Morgan fingerprint density at radius 2 is 1.76 bits per heavy atom. The van der Waals surface area contributed by atoms with E-state index >= 15 is 0 Å². The Kier molecular flexibility index (Phi) is 4.50. The molecular formula is C16H16BrNO3. The van der Waals surface area contributed by atoms with Crippen LogP contribution in [0.1, 0.15) is 0 Å². The van der Waals surface area contributed by atoms with E-state index in [-0.39, 0.29) is 0 Å². The van der Waals surface area contributed by atoms with Gasteiger partial charge in [0.1, 0.15) is 25.6 Å². The average Bonchev–Trinajstić information content (AvgIpc) is 2.53. The molecule has 0 radical (unpaired) electrons. The summed E-state index contributed by atoms with van der Waals surface area (Å²) >= 11 is 3.40. The Labute approximate surface area is 132 Å². The number of nitrogens with one attached hydrogen (secondary N) is 1. The van der Waals surface area contributed by atoms with E-state index in [0.717, 1.165) is 34.0 Å².